The van der Waals surface area contributed by atoms with Crippen molar-refractivity contribution in [2.45, 2.75) is 26.2 Å². The predicted molar refractivity (Wildman–Crippen MR) is 77.2 cm³/mol. The minimum Gasteiger partial charge on any atom is -0.393 e. The molecule has 1 heterocycles. The number of benzene rings is 1. The van der Waals surface area contributed by atoms with Gasteiger partial charge in [-0.3, -0.25) is 9.89 Å². The Labute approximate surface area is 114 Å². The van der Waals surface area contributed by atoms with E-state index in [1.54, 1.807) is 0 Å². The summed E-state index contributed by atoms with van der Waals surface area (Å²) >= 11 is 3.39. The molecule has 18 heavy (non-hydrogen) atoms. The predicted octanol–water partition coefficient (Wildman–Crippen LogP) is 2.81. The molecule has 0 aliphatic rings. The molecule has 0 aliphatic carbocycles. The van der Waals surface area contributed by atoms with E-state index < -0.39 is 0 Å². The molecule has 3 N–H and O–H groups in total. The molecule has 0 spiro atoms. The minimum atomic E-state index is -0.210. The smallest absolute Gasteiger partial charge is 0.294 e. The van der Waals surface area contributed by atoms with Crippen molar-refractivity contribution in [3.63, 3.8) is 0 Å². The zero-order chi connectivity index (χ0) is 13.5. The maximum Gasteiger partial charge on any atom is 0.294 e. The van der Waals surface area contributed by atoms with Crippen molar-refractivity contribution in [2.75, 3.05) is 5.73 Å². The van der Waals surface area contributed by atoms with Gasteiger partial charge in [0.25, 0.3) is 5.56 Å². The summed E-state index contributed by atoms with van der Waals surface area (Å²) in [5.74, 6) is 0. The average molecular weight is 310 g/mol. The lowest BCUT2D eigenvalue weighted by molar-refractivity contribution is 0.562. The van der Waals surface area contributed by atoms with Gasteiger partial charge in [-0.25, -0.2) is 4.68 Å². The molecule has 2 aromatic rings. The molecule has 1 aromatic heterocycles. The van der Waals surface area contributed by atoms with Crippen LogP contribution < -0.4 is 11.3 Å². The molecule has 1 aromatic carbocycles. The van der Waals surface area contributed by atoms with Crippen LogP contribution in [0.5, 0.6) is 0 Å². The lowest BCUT2D eigenvalue weighted by Crippen LogP contribution is -2.17. The van der Waals surface area contributed by atoms with E-state index in [9.17, 15) is 4.79 Å². The molecule has 4 nitrogen and oxygen atoms in total. The van der Waals surface area contributed by atoms with Crippen LogP contribution in [0.2, 0.25) is 0 Å². The Morgan fingerprint density at radius 2 is 2.00 bits per heavy atom. The lowest BCUT2D eigenvalue weighted by Gasteiger charge is -2.16. The van der Waals surface area contributed by atoms with E-state index in [0.29, 0.717) is 0 Å². The molecule has 0 unspecified atom stereocenters. The molecule has 0 radical (unpaired) electrons. The fourth-order valence-corrected chi connectivity index (χ4v) is 2.21. The highest BCUT2D eigenvalue weighted by atomic mass is 79.9. The largest absolute Gasteiger partial charge is 0.393 e. The monoisotopic (exact) mass is 309 g/mol. The molecule has 0 aliphatic heterocycles. The third kappa shape index (κ3) is 2.22. The van der Waals surface area contributed by atoms with E-state index in [0.717, 1.165) is 15.9 Å². The first-order chi connectivity index (χ1) is 8.30. The van der Waals surface area contributed by atoms with E-state index in [-0.39, 0.29) is 16.7 Å². The van der Waals surface area contributed by atoms with Crippen LogP contribution in [0.4, 0.5) is 5.69 Å². The first-order valence-corrected chi connectivity index (χ1v) is 6.47. The number of anilines is 1. The second-order valence-electron chi connectivity index (χ2n) is 5.27. The van der Waals surface area contributed by atoms with Crippen LogP contribution in [0.3, 0.4) is 0 Å². The van der Waals surface area contributed by atoms with Crippen molar-refractivity contribution < 1.29 is 0 Å². The minimum absolute atomic E-state index is 0.194. The number of hydrogen-bond donors (Lipinski definition) is 2. The number of nitrogens with one attached hydrogen (secondary N) is 1. The van der Waals surface area contributed by atoms with Crippen LogP contribution >= 0.6 is 15.9 Å². The first kappa shape index (κ1) is 13.0. The summed E-state index contributed by atoms with van der Waals surface area (Å²) in [6.45, 7) is 6.04. The Hall–Kier alpha value is -1.49. The van der Waals surface area contributed by atoms with Crippen LogP contribution in [0.25, 0.3) is 5.69 Å². The molecule has 0 saturated carbocycles. The summed E-state index contributed by atoms with van der Waals surface area (Å²) in [6, 6.07) is 7.50. The Bertz CT molecular complexity index is 634. The Morgan fingerprint density at radius 3 is 2.50 bits per heavy atom. The van der Waals surface area contributed by atoms with E-state index in [1.807, 2.05) is 45.0 Å². The summed E-state index contributed by atoms with van der Waals surface area (Å²) in [4.78, 5) is 12.1. The molecule has 96 valence electrons. The molecule has 5 heteroatoms. The van der Waals surface area contributed by atoms with E-state index in [2.05, 4.69) is 21.0 Å². The topological polar surface area (TPSA) is 63.8 Å². The molecule has 0 fully saturated rings. The molecule has 0 amide bonds. The fraction of sp³-hybridized carbons (Fsp3) is 0.308. The molecule has 0 bridgehead atoms. The van der Waals surface area contributed by atoms with Gasteiger partial charge in [0.2, 0.25) is 0 Å². The molecule has 0 atom stereocenters. The number of aromatic nitrogens is 2. The second kappa shape index (κ2) is 4.31. The third-order valence-electron chi connectivity index (χ3n) is 2.74. The van der Waals surface area contributed by atoms with E-state index >= 15 is 0 Å². The number of halogens is 1. The van der Waals surface area contributed by atoms with Crippen molar-refractivity contribution in [3.8, 4) is 5.69 Å². The third-order valence-corrected chi connectivity index (χ3v) is 3.24. The van der Waals surface area contributed by atoms with Crippen LogP contribution in [-0.4, -0.2) is 9.78 Å². The number of nitrogens with zero attached hydrogens (tertiary/aromatic N) is 1. The molecular formula is C13H16BrN3O. The number of nitrogens with two attached hydrogens (primary N) is 1. The van der Waals surface area contributed by atoms with Gasteiger partial charge in [0.1, 0.15) is 5.69 Å². The second-order valence-corrected chi connectivity index (χ2v) is 6.19. The van der Waals surface area contributed by atoms with Crippen LogP contribution in [0.1, 0.15) is 26.5 Å². The van der Waals surface area contributed by atoms with Crippen molar-refractivity contribution >= 4 is 21.6 Å². The van der Waals surface area contributed by atoms with Gasteiger partial charge < -0.3 is 5.73 Å². The Kier molecular flexibility index (Phi) is 3.11. The van der Waals surface area contributed by atoms with E-state index in [4.69, 9.17) is 5.73 Å². The summed E-state index contributed by atoms with van der Waals surface area (Å²) in [6.07, 6.45) is 0. The Morgan fingerprint density at radius 1 is 1.33 bits per heavy atom. The first-order valence-electron chi connectivity index (χ1n) is 5.67. The number of H-pyrrole nitrogens is 1. The van der Waals surface area contributed by atoms with Gasteiger partial charge in [0, 0.05) is 9.89 Å². The number of nitrogen functional groups attached to an aromatic ring is 1. The van der Waals surface area contributed by atoms with Crippen molar-refractivity contribution in [2.24, 2.45) is 0 Å². The van der Waals surface area contributed by atoms with Gasteiger partial charge >= 0.3 is 0 Å². The highest BCUT2D eigenvalue weighted by Gasteiger charge is 2.23. The molecule has 2 rings (SSSR count). The summed E-state index contributed by atoms with van der Waals surface area (Å²) in [7, 11) is 0. The van der Waals surface area contributed by atoms with E-state index in [1.165, 1.54) is 4.68 Å². The number of hydrogen-bond acceptors (Lipinski definition) is 2. The molecule has 0 saturated heterocycles. The summed E-state index contributed by atoms with van der Waals surface area (Å²) < 4.78 is 2.39. The number of aromatic amines is 1. The van der Waals surface area contributed by atoms with Crippen molar-refractivity contribution in [1.29, 1.82) is 0 Å². The van der Waals surface area contributed by atoms with Gasteiger partial charge in [0.05, 0.1) is 11.4 Å². The van der Waals surface area contributed by atoms with Crippen molar-refractivity contribution in [3.05, 3.63) is 44.8 Å². The van der Waals surface area contributed by atoms with Gasteiger partial charge in [-0.15, -0.1) is 0 Å². The number of rotatable bonds is 1. The van der Waals surface area contributed by atoms with Crippen LogP contribution in [0.15, 0.2) is 33.5 Å². The fourth-order valence-electron chi connectivity index (χ4n) is 1.82. The van der Waals surface area contributed by atoms with Gasteiger partial charge in [0.15, 0.2) is 0 Å². The Balaban J connectivity index is 2.64. The average Bonchev–Trinajstić information content (AvgIpc) is 2.55. The SMILES string of the molecule is CC(C)(C)c1[nH]n(-c2cccc(Br)c2)c(=O)c1N. The maximum atomic E-state index is 12.1. The summed E-state index contributed by atoms with van der Waals surface area (Å²) in [5, 5.41) is 3.09. The zero-order valence-corrected chi connectivity index (χ0v) is 12.2. The van der Waals surface area contributed by atoms with Crippen LogP contribution in [-0.2, 0) is 5.41 Å². The van der Waals surface area contributed by atoms with Crippen LogP contribution in [0, 0.1) is 0 Å². The normalized spacial score (nSPS) is 11.8. The quantitative estimate of drug-likeness (QED) is 0.850. The lowest BCUT2D eigenvalue weighted by atomic mass is 9.91. The van der Waals surface area contributed by atoms with Gasteiger partial charge in [-0.2, -0.15) is 0 Å². The highest BCUT2D eigenvalue weighted by Crippen LogP contribution is 2.24. The molecular weight excluding hydrogens is 294 g/mol. The van der Waals surface area contributed by atoms with Gasteiger partial charge in [-0.1, -0.05) is 42.8 Å². The highest BCUT2D eigenvalue weighted by molar-refractivity contribution is 9.10. The maximum absolute atomic E-state index is 12.1. The van der Waals surface area contributed by atoms with Crippen molar-refractivity contribution in [1.82, 2.24) is 9.78 Å². The standard InChI is InChI=1S/C13H16BrN3O/c1-13(2,3)11-10(15)12(18)17(16-11)9-6-4-5-8(14)7-9/h4-7,16H,15H2,1-3H3. The zero-order valence-electron chi connectivity index (χ0n) is 10.6. The summed E-state index contributed by atoms with van der Waals surface area (Å²) in [5.41, 5.74) is 7.28. The van der Waals surface area contributed by atoms with Gasteiger partial charge in [-0.05, 0) is 18.2 Å².